The molecule has 1 aromatic heterocycles. The summed E-state index contributed by atoms with van der Waals surface area (Å²) in [5, 5.41) is 2.63. The molecule has 1 heterocycles. The zero-order valence-corrected chi connectivity index (χ0v) is 10.9. The van der Waals surface area contributed by atoms with Crippen LogP contribution in [0.2, 0.25) is 0 Å². The Bertz CT molecular complexity index is 695. The molecule has 2 aromatic rings. The van der Waals surface area contributed by atoms with Crippen LogP contribution in [0, 0.1) is 24.6 Å². The molecule has 0 aliphatic heterocycles. The molecule has 1 aromatic carbocycles. The van der Waals surface area contributed by atoms with E-state index in [1.807, 2.05) is 0 Å². The molecule has 3 N–H and O–H groups in total. The zero-order chi connectivity index (χ0) is 14.5. The minimum atomic E-state index is -0.460. The van der Waals surface area contributed by atoms with Crippen molar-refractivity contribution in [2.24, 2.45) is 5.73 Å². The Balaban J connectivity index is 2.22. The normalized spacial score (nSPS) is 9.75. The average molecular weight is 272 g/mol. The van der Waals surface area contributed by atoms with Gasteiger partial charge in [0, 0.05) is 11.3 Å². The molecule has 0 bridgehead atoms. The molecule has 0 aliphatic carbocycles. The van der Waals surface area contributed by atoms with E-state index in [-0.39, 0.29) is 17.9 Å². The van der Waals surface area contributed by atoms with E-state index in [0.717, 1.165) is 5.56 Å². The van der Waals surface area contributed by atoms with Gasteiger partial charge in [-0.25, -0.2) is 4.39 Å². The second-order valence-corrected chi connectivity index (χ2v) is 4.09. The summed E-state index contributed by atoms with van der Waals surface area (Å²) in [6.07, 6.45) is 1.44. The number of hydrogen-bond donors (Lipinski definition) is 2. The van der Waals surface area contributed by atoms with E-state index in [1.54, 1.807) is 13.0 Å². The first-order valence-corrected chi connectivity index (χ1v) is 5.95. The van der Waals surface area contributed by atoms with Crippen LogP contribution in [0.3, 0.4) is 0 Å². The molecule has 20 heavy (non-hydrogen) atoms. The number of carbonyl (C=O) groups is 1. The number of halogens is 1. The first kappa shape index (κ1) is 13.8. The standard InChI is InChI=1S/C15H13FN2O2/c1-10-6-8-20-14(10)15(19)18-12-4-5-13(16)11(9-12)3-2-7-17/h4-6,8-9H,7,17H2,1H3,(H,18,19). The predicted molar refractivity (Wildman–Crippen MR) is 73.7 cm³/mol. The van der Waals surface area contributed by atoms with Crippen molar-refractivity contribution in [3.63, 3.8) is 0 Å². The number of amides is 1. The first-order chi connectivity index (χ1) is 9.61. The number of carbonyl (C=O) groups excluding carboxylic acids is 1. The first-order valence-electron chi connectivity index (χ1n) is 5.95. The number of furan rings is 1. The van der Waals surface area contributed by atoms with E-state index in [1.165, 1.54) is 24.5 Å². The quantitative estimate of drug-likeness (QED) is 0.824. The van der Waals surface area contributed by atoms with Gasteiger partial charge in [0.1, 0.15) is 5.82 Å². The maximum atomic E-state index is 13.5. The minimum absolute atomic E-state index is 0.140. The number of benzene rings is 1. The van der Waals surface area contributed by atoms with Gasteiger partial charge in [-0.15, -0.1) is 0 Å². The molecule has 2 rings (SSSR count). The van der Waals surface area contributed by atoms with E-state index in [9.17, 15) is 9.18 Å². The van der Waals surface area contributed by atoms with Crippen LogP contribution < -0.4 is 11.1 Å². The maximum absolute atomic E-state index is 13.5. The van der Waals surface area contributed by atoms with Gasteiger partial charge >= 0.3 is 0 Å². The zero-order valence-electron chi connectivity index (χ0n) is 10.9. The second kappa shape index (κ2) is 6.04. The summed E-state index contributed by atoms with van der Waals surface area (Å²) >= 11 is 0. The molecular weight excluding hydrogens is 259 g/mol. The lowest BCUT2D eigenvalue weighted by molar-refractivity contribution is 0.0996. The fourth-order valence-corrected chi connectivity index (χ4v) is 1.64. The topological polar surface area (TPSA) is 68.3 Å². The van der Waals surface area contributed by atoms with E-state index in [0.29, 0.717) is 5.69 Å². The lowest BCUT2D eigenvalue weighted by atomic mass is 10.2. The minimum Gasteiger partial charge on any atom is -0.459 e. The lowest BCUT2D eigenvalue weighted by Gasteiger charge is -2.05. The molecule has 0 saturated carbocycles. The highest BCUT2D eigenvalue weighted by Crippen LogP contribution is 2.16. The van der Waals surface area contributed by atoms with Crippen LogP contribution in [0.1, 0.15) is 21.7 Å². The summed E-state index contributed by atoms with van der Waals surface area (Å²) in [4.78, 5) is 12.0. The molecule has 102 valence electrons. The number of aryl methyl sites for hydroxylation is 1. The Labute approximate surface area is 115 Å². The highest BCUT2D eigenvalue weighted by Gasteiger charge is 2.13. The van der Waals surface area contributed by atoms with Gasteiger partial charge in [-0.1, -0.05) is 11.8 Å². The van der Waals surface area contributed by atoms with Gasteiger partial charge < -0.3 is 15.5 Å². The summed E-state index contributed by atoms with van der Waals surface area (Å²) in [6.45, 7) is 1.91. The molecule has 4 nitrogen and oxygen atoms in total. The van der Waals surface area contributed by atoms with Crippen molar-refractivity contribution in [1.29, 1.82) is 0 Å². The van der Waals surface area contributed by atoms with Crippen LogP contribution >= 0.6 is 0 Å². The largest absolute Gasteiger partial charge is 0.459 e. The monoisotopic (exact) mass is 272 g/mol. The van der Waals surface area contributed by atoms with Crippen molar-refractivity contribution in [2.45, 2.75) is 6.92 Å². The van der Waals surface area contributed by atoms with Gasteiger partial charge in [0.15, 0.2) is 5.76 Å². The highest BCUT2D eigenvalue weighted by atomic mass is 19.1. The summed E-state index contributed by atoms with van der Waals surface area (Å²) in [7, 11) is 0. The van der Waals surface area contributed by atoms with Crippen molar-refractivity contribution in [3.05, 3.63) is 53.2 Å². The van der Waals surface area contributed by atoms with Gasteiger partial charge in [0.05, 0.1) is 18.4 Å². The smallest absolute Gasteiger partial charge is 0.291 e. The van der Waals surface area contributed by atoms with Crippen molar-refractivity contribution < 1.29 is 13.6 Å². The third-order valence-electron chi connectivity index (χ3n) is 2.62. The van der Waals surface area contributed by atoms with Crippen LogP contribution in [0.5, 0.6) is 0 Å². The van der Waals surface area contributed by atoms with E-state index < -0.39 is 11.7 Å². The van der Waals surface area contributed by atoms with Gasteiger partial charge in [0.25, 0.3) is 5.91 Å². The summed E-state index contributed by atoms with van der Waals surface area (Å²) in [5.41, 5.74) is 6.60. The fourth-order valence-electron chi connectivity index (χ4n) is 1.64. The van der Waals surface area contributed by atoms with Crippen LogP contribution in [-0.2, 0) is 0 Å². The predicted octanol–water partition coefficient (Wildman–Crippen LogP) is 2.29. The molecule has 0 aliphatic rings. The van der Waals surface area contributed by atoms with E-state index in [4.69, 9.17) is 10.2 Å². The Morgan fingerprint density at radius 2 is 2.25 bits per heavy atom. The Morgan fingerprint density at radius 3 is 2.90 bits per heavy atom. The summed E-state index contributed by atoms with van der Waals surface area (Å²) < 4.78 is 18.6. The van der Waals surface area contributed by atoms with Crippen LogP contribution in [0.25, 0.3) is 0 Å². The highest BCUT2D eigenvalue weighted by molar-refractivity contribution is 6.03. The van der Waals surface area contributed by atoms with Crippen molar-refractivity contribution in [3.8, 4) is 11.8 Å². The Morgan fingerprint density at radius 1 is 1.45 bits per heavy atom. The van der Waals surface area contributed by atoms with Crippen molar-refractivity contribution in [2.75, 3.05) is 11.9 Å². The number of nitrogens with one attached hydrogen (secondary N) is 1. The van der Waals surface area contributed by atoms with Crippen molar-refractivity contribution in [1.82, 2.24) is 0 Å². The average Bonchev–Trinajstić information content (AvgIpc) is 2.85. The van der Waals surface area contributed by atoms with Gasteiger partial charge in [-0.3, -0.25) is 4.79 Å². The molecule has 0 radical (unpaired) electrons. The van der Waals surface area contributed by atoms with Gasteiger partial charge in [-0.2, -0.15) is 0 Å². The van der Waals surface area contributed by atoms with Crippen LogP contribution in [0.15, 0.2) is 34.9 Å². The Hall–Kier alpha value is -2.58. The second-order valence-electron chi connectivity index (χ2n) is 4.09. The molecule has 5 heteroatoms. The molecule has 0 fully saturated rings. The molecule has 0 spiro atoms. The van der Waals surface area contributed by atoms with Crippen LogP contribution in [0.4, 0.5) is 10.1 Å². The molecule has 0 unspecified atom stereocenters. The van der Waals surface area contributed by atoms with Gasteiger partial charge in [-0.05, 0) is 31.2 Å². The Kier molecular flexibility index (Phi) is 4.18. The third-order valence-corrected chi connectivity index (χ3v) is 2.62. The number of hydrogen-bond acceptors (Lipinski definition) is 3. The third kappa shape index (κ3) is 3.05. The van der Waals surface area contributed by atoms with Gasteiger partial charge in [0.2, 0.25) is 0 Å². The number of nitrogens with two attached hydrogens (primary N) is 1. The summed E-state index contributed by atoms with van der Waals surface area (Å²) in [5.74, 6) is 4.55. The van der Waals surface area contributed by atoms with Crippen molar-refractivity contribution >= 4 is 11.6 Å². The SMILES string of the molecule is Cc1ccoc1C(=O)Nc1ccc(F)c(C#CCN)c1. The lowest BCUT2D eigenvalue weighted by Crippen LogP contribution is -2.12. The molecule has 0 atom stereocenters. The fraction of sp³-hybridized carbons (Fsp3) is 0.133. The number of rotatable bonds is 2. The maximum Gasteiger partial charge on any atom is 0.291 e. The molecule has 1 amide bonds. The van der Waals surface area contributed by atoms with Crippen LogP contribution in [-0.4, -0.2) is 12.5 Å². The molecular formula is C15H13FN2O2. The summed E-state index contributed by atoms with van der Waals surface area (Å²) in [6, 6.07) is 5.84. The number of anilines is 1. The van der Waals surface area contributed by atoms with E-state index >= 15 is 0 Å². The van der Waals surface area contributed by atoms with E-state index in [2.05, 4.69) is 17.2 Å². The molecule has 0 saturated heterocycles.